The van der Waals surface area contributed by atoms with Gasteiger partial charge < -0.3 is 9.84 Å². The number of aliphatic hydroxyl groups is 1. The molecule has 164 valence electrons. The smallest absolute Gasteiger partial charge is 0.303 e. The molecule has 8 atom stereocenters. The predicted molar refractivity (Wildman–Crippen MR) is 108 cm³/mol. The van der Waals surface area contributed by atoms with Gasteiger partial charge in [0.25, 0.3) is 0 Å². The van der Waals surface area contributed by atoms with Crippen LogP contribution in [0.4, 0.5) is 4.39 Å². The summed E-state index contributed by atoms with van der Waals surface area (Å²) in [6.07, 6.45) is 4.58. The first-order valence-electron chi connectivity index (χ1n) is 10.9. The van der Waals surface area contributed by atoms with Gasteiger partial charge in [0, 0.05) is 23.7 Å². The number of ether oxygens (including phenoxy) is 1. The van der Waals surface area contributed by atoms with Crippen LogP contribution < -0.4 is 0 Å². The van der Waals surface area contributed by atoms with Gasteiger partial charge in [0.1, 0.15) is 0 Å². The molecule has 0 spiro atoms. The third kappa shape index (κ3) is 2.34. The number of hydrogen-bond acceptors (Lipinski definition) is 5. The Bertz CT molecular complexity index is 892. The van der Waals surface area contributed by atoms with E-state index in [-0.39, 0.29) is 29.8 Å². The number of alkyl halides is 1. The molecule has 0 amide bonds. The molecule has 0 aromatic heterocycles. The van der Waals surface area contributed by atoms with E-state index in [9.17, 15) is 19.5 Å². The number of fused-ring (bicyclic) bond motifs is 5. The van der Waals surface area contributed by atoms with Crippen molar-refractivity contribution >= 4 is 17.5 Å². The van der Waals surface area contributed by atoms with Crippen LogP contribution >= 0.6 is 0 Å². The zero-order chi connectivity index (χ0) is 22.3. The molecule has 0 aromatic carbocycles. The quantitative estimate of drug-likeness (QED) is 0.695. The van der Waals surface area contributed by atoms with Crippen molar-refractivity contribution in [2.75, 3.05) is 0 Å². The molecule has 3 fully saturated rings. The highest BCUT2D eigenvalue weighted by atomic mass is 19.1. The molecule has 0 bridgehead atoms. The van der Waals surface area contributed by atoms with Crippen LogP contribution in [0.2, 0.25) is 0 Å². The topological polar surface area (TPSA) is 80.7 Å². The number of halogens is 1. The fourth-order valence-electron chi connectivity index (χ4n) is 7.65. The van der Waals surface area contributed by atoms with E-state index in [0.717, 1.165) is 5.57 Å². The number of aliphatic hydroxyl groups excluding tert-OH is 1. The van der Waals surface area contributed by atoms with Gasteiger partial charge in [-0.2, -0.15) is 0 Å². The maximum Gasteiger partial charge on any atom is 0.303 e. The van der Waals surface area contributed by atoms with Gasteiger partial charge in [0.15, 0.2) is 22.8 Å². The van der Waals surface area contributed by atoms with Crippen molar-refractivity contribution in [3.63, 3.8) is 0 Å². The largest absolute Gasteiger partial charge is 0.451 e. The first kappa shape index (κ1) is 21.4. The van der Waals surface area contributed by atoms with E-state index in [1.807, 2.05) is 13.8 Å². The molecule has 0 aromatic rings. The number of rotatable bonds is 2. The predicted octanol–water partition coefficient (Wildman–Crippen LogP) is 3.49. The molecule has 6 heteroatoms. The van der Waals surface area contributed by atoms with Gasteiger partial charge in [-0.3, -0.25) is 14.4 Å². The second-order valence-corrected chi connectivity index (χ2v) is 10.3. The summed E-state index contributed by atoms with van der Waals surface area (Å²) >= 11 is 0. The van der Waals surface area contributed by atoms with Crippen molar-refractivity contribution in [1.29, 1.82) is 0 Å². The molecule has 1 N–H and O–H groups in total. The Balaban J connectivity index is 1.86. The Morgan fingerprint density at radius 1 is 1.23 bits per heavy atom. The third-order valence-corrected chi connectivity index (χ3v) is 8.98. The monoisotopic (exact) mass is 418 g/mol. The van der Waals surface area contributed by atoms with Gasteiger partial charge in [-0.25, -0.2) is 4.39 Å². The zero-order valence-electron chi connectivity index (χ0n) is 18.3. The molecule has 4 rings (SSSR count). The first-order valence-corrected chi connectivity index (χ1v) is 10.9. The summed E-state index contributed by atoms with van der Waals surface area (Å²) in [5.41, 5.74) is -4.52. The fraction of sp³-hybridized carbons (Fsp3) is 0.708. The van der Waals surface area contributed by atoms with Crippen molar-refractivity contribution in [2.45, 2.75) is 77.7 Å². The molecule has 30 heavy (non-hydrogen) atoms. The van der Waals surface area contributed by atoms with Crippen LogP contribution in [0.3, 0.4) is 0 Å². The maximum absolute atomic E-state index is 17.1. The van der Waals surface area contributed by atoms with E-state index >= 15 is 4.39 Å². The fourth-order valence-corrected chi connectivity index (χ4v) is 7.65. The summed E-state index contributed by atoms with van der Waals surface area (Å²) < 4.78 is 22.8. The van der Waals surface area contributed by atoms with E-state index < -0.39 is 40.1 Å². The van der Waals surface area contributed by atoms with Crippen molar-refractivity contribution in [1.82, 2.24) is 0 Å². The van der Waals surface area contributed by atoms with Crippen molar-refractivity contribution < 1.29 is 28.6 Å². The summed E-state index contributed by atoms with van der Waals surface area (Å²) in [7, 11) is 0. The van der Waals surface area contributed by atoms with E-state index in [1.54, 1.807) is 13.0 Å². The van der Waals surface area contributed by atoms with Crippen molar-refractivity contribution in [3.05, 3.63) is 23.8 Å². The molecular formula is C24H31FO5. The molecule has 1 unspecified atom stereocenters. The zero-order valence-corrected chi connectivity index (χ0v) is 18.3. The molecule has 4 aliphatic carbocycles. The summed E-state index contributed by atoms with van der Waals surface area (Å²) in [6, 6.07) is 0. The van der Waals surface area contributed by atoms with Gasteiger partial charge in [-0.05, 0) is 63.5 Å². The second-order valence-electron chi connectivity index (χ2n) is 10.3. The van der Waals surface area contributed by atoms with Crippen molar-refractivity contribution in [3.8, 4) is 0 Å². The number of ketones is 2. The van der Waals surface area contributed by atoms with E-state index in [1.165, 1.54) is 26.0 Å². The van der Waals surface area contributed by atoms with Crippen LogP contribution in [-0.4, -0.2) is 40.0 Å². The van der Waals surface area contributed by atoms with Crippen LogP contribution in [0.1, 0.15) is 60.3 Å². The van der Waals surface area contributed by atoms with Crippen LogP contribution in [0.5, 0.6) is 0 Å². The van der Waals surface area contributed by atoms with Crippen LogP contribution in [0.15, 0.2) is 23.8 Å². The molecule has 4 aliphatic rings. The Labute approximate surface area is 176 Å². The lowest BCUT2D eigenvalue weighted by Crippen LogP contribution is -2.70. The number of carbonyl (C=O) groups is 3. The standard InChI is InChI=1S/C24H31FO5/c1-13-10-19-17-7-9-23(14(2)26,30-15(3)27)22(17,5)12-20(29)24(19,25)21(4)8-6-16(28)11-18(13)21/h6,8,11,13,17,19-20,29H,7,9-10,12H2,1-5H3/t13-,17-,19-,20-,21-,22-,23-,24?/m0/s1. The number of hydrogen-bond donors (Lipinski definition) is 1. The molecule has 0 saturated heterocycles. The SMILES string of the molecule is CC(=O)O[C@]1(C(C)=O)CC[C@H]2[C@@H]3C[C@H](C)C4=CC(=O)C=C[C@]4(C)C3(F)[C@@H](O)C[C@@]21C. The average molecular weight is 419 g/mol. The summed E-state index contributed by atoms with van der Waals surface area (Å²) in [5, 5.41) is 11.3. The lowest BCUT2D eigenvalue weighted by atomic mass is 9.43. The van der Waals surface area contributed by atoms with E-state index in [0.29, 0.717) is 19.3 Å². The van der Waals surface area contributed by atoms with Crippen molar-refractivity contribution in [2.24, 2.45) is 28.6 Å². The van der Waals surface area contributed by atoms with Gasteiger partial charge in [-0.1, -0.05) is 25.5 Å². The van der Waals surface area contributed by atoms with Gasteiger partial charge >= 0.3 is 5.97 Å². The van der Waals surface area contributed by atoms with Gasteiger partial charge in [0.2, 0.25) is 0 Å². The average Bonchev–Trinajstić information content (AvgIpc) is 2.92. The number of esters is 1. The molecule has 5 nitrogen and oxygen atoms in total. The highest BCUT2D eigenvalue weighted by Crippen LogP contribution is 2.71. The van der Waals surface area contributed by atoms with Crippen LogP contribution in [-0.2, 0) is 19.1 Å². The van der Waals surface area contributed by atoms with Gasteiger partial charge in [0.05, 0.1) is 6.10 Å². The molecule has 0 radical (unpaired) electrons. The Kier molecular flexibility index (Phi) is 4.53. The molecule has 0 aliphatic heterocycles. The Morgan fingerprint density at radius 3 is 2.50 bits per heavy atom. The summed E-state index contributed by atoms with van der Waals surface area (Å²) in [5.74, 6) is -1.72. The minimum atomic E-state index is -1.96. The number of carbonyl (C=O) groups excluding carboxylic acids is 3. The Hall–Kier alpha value is -1.82. The lowest BCUT2D eigenvalue weighted by Gasteiger charge is -2.63. The maximum atomic E-state index is 17.1. The lowest BCUT2D eigenvalue weighted by molar-refractivity contribution is -0.226. The minimum absolute atomic E-state index is 0.0244. The van der Waals surface area contributed by atoms with E-state index in [2.05, 4.69) is 0 Å². The molecule has 0 heterocycles. The third-order valence-electron chi connectivity index (χ3n) is 8.98. The second kappa shape index (κ2) is 6.35. The summed E-state index contributed by atoms with van der Waals surface area (Å²) in [4.78, 5) is 36.7. The highest BCUT2D eigenvalue weighted by molar-refractivity contribution is 6.01. The Morgan fingerprint density at radius 2 is 1.90 bits per heavy atom. The summed E-state index contributed by atoms with van der Waals surface area (Å²) in [6.45, 7) is 8.34. The highest BCUT2D eigenvalue weighted by Gasteiger charge is 2.75. The normalized spacial score (nSPS) is 49.6. The minimum Gasteiger partial charge on any atom is -0.451 e. The van der Waals surface area contributed by atoms with Crippen LogP contribution in [0, 0.1) is 28.6 Å². The number of Topliss-reactive ketones (excluding diaryl/α,β-unsaturated/α-hetero) is 1. The van der Waals surface area contributed by atoms with Gasteiger partial charge in [-0.15, -0.1) is 0 Å². The first-order chi connectivity index (χ1) is 13.8. The molecule has 3 saturated carbocycles. The number of allylic oxidation sites excluding steroid dienone is 4. The molecular weight excluding hydrogens is 387 g/mol. The van der Waals surface area contributed by atoms with E-state index in [4.69, 9.17) is 4.74 Å². The van der Waals surface area contributed by atoms with Crippen LogP contribution in [0.25, 0.3) is 0 Å².